The summed E-state index contributed by atoms with van der Waals surface area (Å²) in [5.41, 5.74) is 7.08. The van der Waals surface area contributed by atoms with E-state index in [4.69, 9.17) is 33.7 Å². The van der Waals surface area contributed by atoms with Crippen LogP contribution in [0.4, 0.5) is 0 Å². The van der Waals surface area contributed by atoms with Crippen LogP contribution < -0.4 is 27.0 Å². The van der Waals surface area contributed by atoms with Crippen LogP contribution in [0.3, 0.4) is 0 Å². The van der Waals surface area contributed by atoms with Crippen LogP contribution in [0.2, 0.25) is 10.0 Å². The number of pyridine rings is 1. The number of hydrogen-bond donors (Lipinski definition) is 3. The van der Waals surface area contributed by atoms with Gasteiger partial charge in [-0.3, -0.25) is 18.7 Å². The number of aromatic nitrogens is 3. The zero-order chi connectivity index (χ0) is 30.0. The van der Waals surface area contributed by atoms with Crippen LogP contribution in [0.15, 0.2) is 58.1 Å². The van der Waals surface area contributed by atoms with E-state index in [0.29, 0.717) is 46.4 Å². The summed E-state index contributed by atoms with van der Waals surface area (Å²) in [7, 11) is 4.23. The van der Waals surface area contributed by atoms with Gasteiger partial charge in [-0.25, -0.2) is 9.78 Å². The van der Waals surface area contributed by atoms with Crippen molar-refractivity contribution in [2.24, 2.45) is 19.8 Å². The van der Waals surface area contributed by atoms with E-state index >= 15 is 0 Å². The van der Waals surface area contributed by atoms with Crippen molar-refractivity contribution >= 4 is 29.1 Å². The summed E-state index contributed by atoms with van der Waals surface area (Å²) in [6.07, 6.45) is -0.486. The molecule has 0 saturated heterocycles. The number of amides is 1. The molecule has 2 aromatic carbocycles. The van der Waals surface area contributed by atoms with E-state index in [9.17, 15) is 19.5 Å². The highest BCUT2D eigenvalue weighted by Gasteiger charge is 2.24. The fourth-order valence-corrected chi connectivity index (χ4v) is 5.23. The van der Waals surface area contributed by atoms with Crippen LogP contribution in [0.25, 0.3) is 33.6 Å². The number of hydrogen-bond acceptors (Lipinski definition) is 7. The molecule has 0 bridgehead atoms. The maximum absolute atomic E-state index is 12.8. The number of benzene rings is 2. The van der Waals surface area contributed by atoms with Crippen LogP contribution in [0, 0.1) is 0 Å². The molecular formula is C29H29Cl2N5O5. The molecule has 0 saturated carbocycles. The van der Waals surface area contributed by atoms with Gasteiger partial charge >= 0.3 is 5.69 Å². The number of primary amides is 1. The lowest BCUT2D eigenvalue weighted by molar-refractivity contribution is 0.0998. The third-order valence-electron chi connectivity index (χ3n) is 6.62. The first-order valence-corrected chi connectivity index (χ1v) is 13.3. The number of nitrogens with two attached hydrogens (primary N) is 1. The minimum Gasteiger partial charge on any atom is -0.481 e. The molecule has 0 spiro atoms. The first kappa shape index (κ1) is 30.0. The van der Waals surface area contributed by atoms with Crippen molar-refractivity contribution in [2.75, 3.05) is 13.7 Å². The fourth-order valence-electron chi connectivity index (χ4n) is 4.59. The molecule has 0 aliphatic carbocycles. The first-order chi connectivity index (χ1) is 19.5. The van der Waals surface area contributed by atoms with E-state index in [1.165, 1.54) is 25.8 Å². The van der Waals surface area contributed by atoms with Crippen LogP contribution in [-0.4, -0.2) is 44.9 Å². The van der Waals surface area contributed by atoms with Crippen molar-refractivity contribution in [1.82, 2.24) is 19.4 Å². The number of methoxy groups -OCH3 is 1. The molecule has 10 nitrogen and oxygen atoms in total. The molecule has 0 aliphatic heterocycles. The number of nitrogens with zero attached hydrogens (tertiary/aromatic N) is 3. The van der Waals surface area contributed by atoms with Crippen LogP contribution >= 0.6 is 23.2 Å². The average molecular weight is 598 g/mol. The summed E-state index contributed by atoms with van der Waals surface area (Å²) < 4.78 is 7.48. The molecule has 2 aromatic heterocycles. The molecule has 0 aliphatic rings. The molecule has 4 aromatic rings. The van der Waals surface area contributed by atoms with Gasteiger partial charge < -0.3 is 20.9 Å². The van der Waals surface area contributed by atoms with Gasteiger partial charge in [-0.15, -0.1) is 0 Å². The highest BCUT2D eigenvalue weighted by molar-refractivity contribution is 6.39. The summed E-state index contributed by atoms with van der Waals surface area (Å²) in [4.78, 5) is 42.5. The van der Waals surface area contributed by atoms with Crippen molar-refractivity contribution in [3.05, 3.63) is 90.5 Å². The molecule has 4 N–H and O–H groups in total. The smallest absolute Gasteiger partial charge is 0.330 e. The van der Waals surface area contributed by atoms with Crippen molar-refractivity contribution in [2.45, 2.75) is 19.6 Å². The van der Waals surface area contributed by atoms with Gasteiger partial charge in [0.05, 0.1) is 34.6 Å². The van der Waals surface area contributed by atoms with E-state index in [1.54, 1.807) is 37.3 Å². The first-order valence-electron chi connectivity index (χ1n) is 12.6. The minimum absolute atomic E-state index is 0.0101. The molecule has 1 unspecified atom stereocenters. The molecule has 1 amide bonds. The minimum atomic E-state index is -0.984. The van der Waals surface area contributed by atoms with E-state index in [-0.39, 0.29) is 21.8 Å². The van der Waals surface area contributed by atoms with Gasteiger partial charge in [0.2, 0.25) is 5.88 Å². The van der Waals surface area contributed by atoms with Gasteiger partial charge in [0.1, 0.15) is 5.56 Å². The number of aliphatic hydroxyl groups is 1. The Morgan fingerprint density at radius 2 is 1.59 bits per heavy atom. The Bertz CT molecular complexity index is 1760. The second-order valence-corrected chi connectivity index (χ2v) is 10.2. The lowest BCUT2D eigenvalue weighted by Crippen LogP contribution is -2.42. The number of aliphatic hydroxyl groups excluding tert-OH is 1. The van der Waals surface area contributed by atoms with Gasteiger partial charge in [-0.05, 0) is 13.0 Å². The van der Waals surface area contributed by atoms with E-state index in [1.807, 2.05) is 18.2 Å². The quantitative estimate of drug-likeness (QED) is 0.268. The third kappa shape index (κ3) is 5.77. The van der Waals surface area contributed by atoms with Crippen molar-refractivity contribution in [3.8, 4) is 39.5 Å². The summed E-state index contributed by atoms with van der Waals surface area (Å²) >= 11 is 13.8. The average Bonchev–Trinajstić information content (AvgIpc) is 2.94. The SMILES string of the molecule is COc1nc(-c2cccc(-c3cccc(-c4c(C(N)=O)c(=O)n(C)c(=O)n4C)c3Cl)c2Cl)ccc1CNCC(C)O. The molecular weight excluding hydrogens is 569 g/mol. The number of ether oxygens (including phenoxy) is 1. The molecule has 4 rings (SSSR count). The number of carbonyl (C=O) groups is 1. The summed E-state index contributed by atoms with van der Waals surface area (Å²) in [6.45, 7) is 2.57. The number of carbonyl (C=O) groups excluding carboxylic acids is 1. The highest BCUT2D eigenvalue weighted by atomic mass is 35.5. The summed E-state index contributed by atoms with van der Waals surface area (Å²) in [5, 5.41) is 13.2. The molecule has 2 heterocycles. The Labute approximate surface area is 245 Å². The Kier molecular flexibility index (Phi) is 8.98. The highest BCUT2D eigenvalue weighted by Crippen LogP contribution is 2.42. The number of rotatable bonds is 9. The van der Waals surface area contributed by atoms with E-state index in [0.717, 1.165) is 10.1 Å². The zero-order valence-corrected chi connectivity index (χ0v) is 24.4. The lowest BCUT2D eigenvalue weighted by Gasteiger charge is -2.18. The second kappa shape index (κ2) is 12.3. The summed E-state index contributed by atoms with van der Waals surface area (Å²) in [6, 6.07) is 14.1. The number of nitrogens with one attached hydrogen (secondary N) is 1. The van der Waals surface area contributed by atoms with Gasteiger partial charge in [-0.1, -0.05) is 65.7 Å². The van der Waals surface area contributed by atoms with E-state index < -0.39 is 23.3 Å². The summed E-state index contributed by atoms with van der Waals surface area (Å²) in [5.74, 6) is -0.574. The third-order valence-corrected chi connectivity index (χ3v) is 7.43. The van der Waals surface area contributed by atoms with Gasteiger partial charge in [0.15, 0.2) is 0 Å². The predicted molar refractivity (Wildman–Crippen MR) is 160 cm³/mol. The van der Waals surface area contributed by atoms with Crippen molar-refractivity contribution in [1.29, 1.82) is 0 Å². The standard InChI is InChI=1S/C29H29Cl2N5O5/c1-15(37)13-33-14-16-11-12-21(34-27(16)41-4)19-9-5-7-17(23(19)30)18-8-6-10-20(24(18)31)25-22(26(32)38)28(39)36(3)29(40)35(25)2/h5-12,15,33,37H,13-14H2,1-4H3,(H2,32,38). The van der Waals surface area contributed by atoms with Gasteiger partial charge in [0, 0.05) is 55.0 Å². The largest absolute Gasteiger partial charge is 0.481 e. The lowest BCUT2D eigenvalue weighted by atomic mass is 9.97. The Morgan fingerprint density at radius 3 is 2.17 bits per heavy atom. The van der Waals surface area contributed by atoms with Crippen LogP contribution in [0.1, 0.15) is 22.8 Å². The van der Waals surface area contributed by atoms with Crippen molar-refractivity contribution in [3.63, 3.8) is 0 Å². The zero-order valence-electron chi connectivity index (χ0n) is 22.9. The molecule has 1 atom stereocenters. The Morgan fingerprint density at radius 1 is 1.00 bits per heavy atom. The normalized spacial score (nSPS) is 11.9. The molecule has 12 heteroatoms. The predicted octanol–water partition coefficient (Wildman–Crippen LogP) is 3.36. The van der Waals surface area contributed by atoms with Gasteiger partial charge in [-0.2, -0.15) is 0 Å². The fraction of sp³-hybridized carbons (Fsp3) is 0.241. The van der Waals surface area contributed by atoms with Gasteiger partial charge in [0.25, 0.3) is 11.5 Å². The van der Waals surface area contributed by atoms with Crippen LogP contribution in [-0.2, 0) is 20.6 Å². The van der Waals surface area contributed by atoms with Crippen molar-refractivity contribution < 1.29 is 14.6 Å². The topological polar surface area (TPSA) is 141 Å². The molecule has 41 heavy (non-hydrogen) atoms. The van der Waals surface area contributed by atoms with Crippen LogP contribution in [0.5, 0.6) is 5.88 Å². The molecule has 0 fully saturated rings. The molecule has 214 valence electrons. The number of halogens is 2. The maximum atomic E-state index is 12.8. The molecule has 0 radical (unpaired) electrons. The Hall–Kier alpha value is -3.96. The monoisotopic (exact) mass is 597 g/mol. The second-order valence-electron chi connectivity index (χ2n) is 9.47. The van der Waals surface area contributed by atoms with E-state index in [2.05, 4.69) is 10.3 Å². The maximum Gasteiger partial charge on any atom is 0.330 e. The Balaban J connectivity index is 1.84.